The van der Waals surface area contributed by atoms with E-state index in [-0.39, 0.29) is 74.2 Å². The largest absolute Gasteiger partial charge is 0.372 e. The molecule has 2 fully saturated rings. The predicted octanol–water partition coefficient (Wildman–Crippen LogP) is 7.03. The second-order valence-electron chi connectivity index (χ2n) is 17.4. The molecule has 5 N–H and O–H groups in total. The van der Waals surface area contributed by atoms with Gasteiger partial charge in [-0.15, -0.1) is 0 Å². The van der Waals surface area contributed by atoms with Crippen LogP contribution in [0, 0.1) is 11.6 Å². The summed E-state index contributed by atoms with van der Waals surface area (Å²) < 4.78 is 27.1. The first-order valence-corrected chi connectivity index (χ1v) is 22.8. The Labute approximate surface area is 393 Å². The van der Waals surface area contributed by atoms with Gasteiger partial charge in [0.15, 0.2) is 5.78 Å². The number of benzene rings is 3. The topological polar surface area (TPSA) is 215 Å². The minimum atomic E-state index is -2.34. The molecule has 3 aliphatic heterocycles. The SMILES string of the molecule is O=C1CCC(N2C(=O)c3ccc(NC(=O)CCCCCCCCCCCCCCC(=O)c4cc5cc(N6CC[C@](O)(C(=O)NCc7cc(F)cc(F)c7)C6=O)ccc5[nH]4)cc3C2=O)C(=O)N1.S. The third-order valence-corrected chi connectivity index (χ3v) is 12.5. The minimum Gasteiger partial charge on any atom is -0.372 e. The Hall–Kier alpha value is -6.27. The number of nitrogens with one attached hydrogen (secondary N) is 4. The third-order valence-electron chi connectivity index (χ3n) is 12.5. The highest BCUT2D eigenvalue weighted by molar-refractivity contribution is 7.59. The van der Waals surface area contributed by atoms with E-state index in [2.05, 4.69) is 20.9 Å². The number of amides is 7. The van der Waals surface area contributed by atoms with Crippen LogP contribution in [-0.4, -0.2) is 80.3 Å². The monoisotopic (exact) mass is 942 g/mol. The summed E-state index contributed by atoms with van der Waals surface area (Å²) in [6.07, 6.45) is 12.9. The van der Waals surface area contributed by atoms with Gasteiger partial charge in [-0.25, -0.2) is 8.78 Å². The van der Waals surface area contributed by atoms with Crippen molar-refractivity contribution in [2.45, 2.75) is 127 Å². The lowest BCUT2D eigenvalue weighted by Crippen LogP contribution is -2.54. The van der Waals surface area contributed by atoms with Crippen molar-refractivity contribution in [2.75, 3.05) is 16.8 Å². The second kappa shape index (κ2) is 22.5. The van der Waals surface area contributed by atoms with Crippen molar-refractivity contribution in [3.05, 3.63) is 94.7 Å². The highest BCUT2D eigenvalue weighted by Gasteiger charge is 2.52. The molecule has 3 aromatic carbocycles. The molecule has 356 valence electrons. The number of carbonyl (C=O) groups is 8. The molecule has 0 spiro atoms. The first-order chi connectivity index (χ1) is 31.7. The molecule has 0 bridgehead atoms. The number of rotatable bonds is 22. The Bertz CT molecular complexity index is 2550. The normalized spacial score (nSPS) is 18.0. The summed E-state index contributed by atoms with van der Waals surface area (Å²) in [6, 6.07) is 13.1. The summed E-state index contributed by atoms with van der Waals surface area (Å²) in [4.78, 5) is 107. The average Bonchev–Trinajstić information content (AvgIpc) is 3.93. The zero-order chi connectivity index (χ0) is 47.0. The molecule has 2 saturated heterocycles. The maximum atomic E-state index is 13.5. The summed E-state index contributed by atoms with van der Waals surface area (Å²) in [7, 11) is 0. The number of anilines is 2. The fourth-order valence-corrected chi connectivity index (χ4v) is 8.89. The first kappa shape index (κ1) is 50.1. The molecule has 3 aliphatic rings. The van der Waals surface area contributed by atoms with Crippen LogP contribution < -0.4 is 20.9 Å². The molecule has 4 aromatic rings. The van der Waals surface area contributed by atoms with Crippen LogP contribution in [0.25, 0.3) is 10.9 Å². The number of aromatic amines is 1. The smallest absolute Gasteiger partial charge is 0.268 e. The lowest BCUT2D eigenvalue weighted by atomic mass is 10.0. The van der Waals surface area contributed by atoms with Crippen LogP contribution in [0.15, 0.2) is 60.7 Å². The number of H-pyrrole nitrogens is 1. The van der Waals surface area contributed by atoms with Crippen LogP contribution in [0.4, 0.5) is 20.2 Å². The molecule has 0 aliphatic carbocycles. The molecule has 7 amide bonds. The number of hydrogen-bond donors (Lipinski definition) is 5. The van der Waals surface area contributed by atoms with Crippen LogP contribution in [0.3, 0.4) is 0 Å². The lowest BCUT2D eigenvalue weighted by molar-refractivity contribution is -0.149. The Kier molecular flexibility index (Phi) is 16.8. The number of piperidine rings is 1. The van der Waals surface area contributed by atoms with E-state index in [0.717, 1.165) is 94.1 Å². The quantitative estimate of drug-likeness (QED) is 0.0236. The molecule has 4 heterocycles. The van der Waals surface area contributed by atoms with E-state index < -0.39 is 58.7 Å². The van der Waals surface area contributed by atoms with Gasteiger partial charge in [-0.1, -0.05) is 64.2 Å². The Morgan fingerprint density at radius 3 is 2.03 bits per heavy atom. The summed E-state index contributed by atoms with van der Waals surface area (Å²) in [5.74, 6) is -5.91. The van der Waals surface area contributed by atoms with Gasteiger partial charge < -0.3 is 25.6 Å². The van der Waals surface area contributed by atoms with Crippen molar-refractivity contribution in [3.63, 3.8) is 0 Å². The zero-order valence-electron chi connectivity index (χ0n) is 37.1. The lowest BCUT2D eigenvalue weighted by Gasteiger charge is -2.27. The molecule has 1 aromatic heterocycles. The van der Waals surface area contributed by atoms with Crippen molar-refractivity contribution in [1.82, 2.24) is 20.5 Å². The molecular weight excluding hydrogens is 887 g/mol. The van der Waals surface area contributed by atoms with Gasteiger partial charge >= 0.3 is 0 Å². The van der Waals surface area contributed by atoms with Crippen LogP contribution >= 0.6 is 13.5 Å². The van der Waals surface area contributed by atoms with Gasteiger partial charge in [-0.2, -0.15) is 13.5 Å². The molecule has 1 unspecified atom stereocenters. The van der Waals surface area contributed by atoms with E-state index in [1.54, 1.807) is 30.3 Å². The van der Waals surface area contributed by atoms with Crippen molar-refractivity contribution in [3.8, 4) is 0 Å². The highest BCUT2D eigenvalue weighted by Crippen LogP contribution is 2.32. The Morgan fingerprint density at radius 1 is 0.746 bits per heavy atom. The van der Waals surface area contributed by atoms with Crippen molar-refractivity contribution in [1.29, 1.82) is 0 Å². The van der Waals surface area contributed by atoms with Gasteiger partial charge in [-0.3, -0.25) is 48.6 Å². The fraction of sp³-hybridized carbons (Fsp3) is 0.429. The molecule has 0 saturated carbocycles. The molecule has 7 rings (SSSR count). The summed E-state index contributed by atoms with van der Waals surface area (Å²) in [5, 5.41) is 19.1. The van der Waals surface area contributed by atoms with Gasteiger partial charge in [0.25, 0.3) is 23.6 Å². The van der Waals surface area contributed by atoms with Gasteiger partial charge in [-0.05, 0) is 79.4 Å². The summed E-state index contributed by atoms with van der Waals surface area (Å²) in [5.41, 5.74) is 0.118. The molecule has 15 nitrogen and oxygen atoms in total. The highest BCUT2D eigenvalue weighted by atomic mass is 32.1. The van der Waals surface area contributed by atoms with Crippen LogP contribution in [0.5, 0.6) is 0 Å². The van der Waals surface area contributed by atoms with Crippen molar-refractivity contribution in [2.24, 2.45) is 0 Å². The minimum absolute atomic E-state index is 0. The first-order valence-electron chi connectivity index (χ1n) is 22.8. The van der Waals surface area contributed by atoms with Crippen LogP contribution in [-0.2, 0) is 30.5 Å². The van der Waals surface area contributed by atoms with Gasteiger partial charge in [0, 0.05) is 67.1 Å². The summed E-state index contributed by atoms with van der Waals surface area (Å²) in [6.45, 7) is -0.200. The van der Waals surface area contributed by atoms with Crippen molar-refractivity contribution < 1.29 is 52.2 Å². The average molecular weight is 943 g/mol. The van der Waals surface area contributed by atoms with Crippen LogP contribution in [0.1, 0.15) is 146 Å². The van der Waals surface area contributed by atoms with Gasteiger partial charge in [0.2, 0.25) is 23.3 Å². The van der Waals surface area contributed by atoms with E-state index >= 15 is 0 Å². The second-order valence-corrected chi connectivity index (χ2v) is 17.4. The standard InChI is InChI=1S/C49H54F2N6O9.H2S/c50-32-23-30(24-33(51)27-32)29-52-47(64)49(66)21-22-56(48(49)65)35-16-18-38-31(25-35)26-39(54-38)41(58)13-11-9-7-5-3-1-2-4-6-8-10-12-14-42(59)53-34-15-17-36-37(28-34)46(63)57(45(36)62)40-19-20-43(60)55-44(40)61;/h15-18,23-28,40,54,66H,1-14,19-22,29H2,(H,52,64)(H,53,59)(H,55,60,61);1H2/t40?,49-;/m0./s1. The van der Waals surface area contributed by atoms with Gasteiger partial charge in [0.05, 0.1) is 16.8 Å². The number of Topliss-reactive ketones (excluding diaryl/α,β-unsaturated/α-hetero) is 1. The Balaban J connectivity index is 0.00000741. The predicted molar refractivity (Wildman–Crippen MR) is 250 cm³/mol. The number of ketones is 1. The molecule has 0 radical (unpaired) electrons. The van der Waals surface area contributed by atoms with Crippen molar-refractivity contribution >= 4 is 82.9 Å². The number of imide groups is 2. The fourth-order valence-electron chi connectivity index (χ4n) is 8.89. The number of unbranched alkanes of at least 4 members (excludes halogenated alkanes) is 11. The van der Waals surface area contributed by atoms with E-state index in [4.69, 9.17) is 0 Å². The number of aliphatic hydroxyl groups is 1. The number of carbonyl (C=O) groups excluding carboxylic acids is 8. The number of fused-ring (bicyclic) bond motifs is 2. The number of hydrogen-bond acceptors (Lipinski definition) is 9. The third kappa shape index (κ3) is 12.0. The zero-order valence-corrected chi connectivity index (χ0v) is 38.1. The number of aromatic nitrogens is 1. The maximum absolute atomic E-state index is 13.5. The summed E-state index contributed by atoms with van der Waals surface area (Å²) >= 11 is 0. The van der Waals surface area contributed by atoms with Gasteiger partial charge in [0.1, 0.15) is 17.7 Å². The molecule has 18 heteroatoms. The number of halogens is 2. The van der Waals surface area contributed by atoms with E-state index in [9.17, 15) is 52.2 Å². The molecule has 2 atom stereocenters. The molecular formula is C49H56F2N6O9S. The van der Waals surface area contributed by atoms with E-state index in [1.165, 1.54) is 17.0 Å². The maximum Gasteiger partial charge on any atom is 0.268 e. The van der Waals surface area contributed by atoms with Crippen LogP contribution in [0.2, 0.25) is 0 Å². The van der Waals surface area contributed by atoms with E-state index in [0.29, 0.717) is 46.9 Å². The number of nitrogens with zero attached hydrogens (tertiary/aromatic N) is 2. The Morgan fingerprint density at radius 2 is 1.37 bits per heavy atom. The molecule has 67 heavy (non-hydrogen) atoms. The van der Waals surface area contributed by atoms with E-state index in [1.807, 2.05) is 0 Å².